The molecule has 0 saturated carbocycles. The van der Waals surface area contributed by atoms with Crippen molar-refractivity contribution in [3.05, 3.63) is 46.7 Å². The summed E-state index contributed by atoms with van der Waals surface area (Å²) in [6.07, 6.45) is 3.02. The van der Waals surface area contributed by atoms with Crippen LogP contribution in [0.2, 0.25) is 0 Å². The fraction of sp³-hybridized carbons (Fsp3) is 0.0909. The second-order valence-corrected chi connectivity index (χ2v) is 4.11. The highest BCUT2D eigenvalue weighted by Gasteiger charge is 1.98. The largest absolute Gasteiger partial charge is 0.472 e. The first kappa shape index (κ1) is 10.9. The highest BCUT2D eigenvalue weighted by atomic mass is 79.9. The molecular weight excluding hydrogens is 270 g/mol. The molecule has 5 heteroatoms. The van der Waals surface area contributed by atoms with Crippen LogP contribution < -0.4 is 10.5 Å². The van der Waals surface area contributed by atoms with E-state index in [2.05, 4.69) is 25.9 Å². The molecule has 0 amide bonds. The summed E-state index contributed by atoms with van der Waals surface area (Å²) in [5.74, 6) is 0.788. The van der Waals surface area contributed by atoms with Gasteiger partial charge in [-0.15, -0.1) is 0 Å². The Morgan fingerprint density at radius 3 is 2.62 bits per heavy atom. The average Bonchev–Trinajstić information content (AvgIpc) is 2.28. The number of benzene rings is 1. The number of ether oxygens (including phenoxy) is 1. The lowest BCUT2D eigenvalue weighted by atomic mass is 10.2. The zero-order valence-corrected chi connectivity index (χ0v) is 10.0. The number of anilines is 1. The molecule has 16 heavy (non-hydrogen) atoms. The van der Waals surface area contributed by atoms with Gasteiger partial charge in [-0.05, 0) is 17.7 Å². The van der Waals surface area contributed by atoms with Crippen molar-refractivity contribution in [2.75, 3.05) is 5.73 Å². The number of nitrogen functional groups attached to an aromatic ring is 1. The maximum Gasteiger partial charge on any atom is 0.234 e. The standard InChI is InChI=1S/C11H10BrN3O/c12-9-3-1-8(2-4-9)7-16-11-6-14-5-10(13)15-11/h1-6H,7H2,(H2,13,15). The topological polar surface area (TPSA) is 61.0 Å². The molecule has 1 heterocycles. The fourth-order valence-corrected chi connectivity index (χ4v) is 1.43. The number of rotatable bonds is 3. The van der Waals surface area contributed by atoms with Crippen molar-refractivity contribution in [1.29, 1.82) is 0 Å². The molecule has 0 bridgehead atoms. The molecule has 0 fully saturated rings. The Morgan fingerprint density at radius 2 is 1.94 bits per heavy atom. The van der Waals surface area contributed by atoms with Gasteiger partial charge in [0.2, 0.25) is 5.88 Å². The molecule has 0 atom stereocenters. The first-order valence-electron chi connectivity index (χ1n) is 4.69. The van der Waals surface area contributed by atoms with E-state index in [1.54, 1.807) is 0 Å². The first-order chi connectivity index (χ1) is 7.74. The van der Waals surface area contributed by atoms with Crippen LogP contribution >= 0.6 is 15.9 Å². The van der Waals surface area contributed by atoms with E-state index in [1.165, 1.54) is 12.4 Å². The Labute approximate surface area is 102 Å². The van der Waals surface area contributed by atoms with Crippen LogP contribution in [0.15, 0.2) is 41.1 Å². The van der Waals surface area contributed by atoms with E-state index in [0.717, 1.165) is 10.0 Å². The Morgan fingerprint density at radius 1 is 1.19 bits per heavy atom. The van der Waals surface area contributed by atoms with E-state index in [4.69, 9.17) is 10.5 Å². The Bertz CT molecular complexity index is 473. The minimum absolute atomic E-state index is 0.355. The third kappa shape index (κ3) is 2.93. The van der Waals surface area contributed by atoms with Gasteiger partial charge in [0.25, 0.3) is 0 Å². The van der Waals surface area contributed by atoms with Gasteiger partial charge in [-0.3, -0.25) is 4.98 Å². The number of hydrogen-bond donors (Lipinski definition) is 1. The summed E-state index contributed by atoms with van der Waals surface area (Å²) >= 11 is 3.37. The number of aromatic nitrogens is 2. The van der Waals surface area contributed by atoms with Crippen LogP contribution in [-0.4, -0.2) is 9.97 Å². The molecule has 1 aromatic heterocycles. The summed E-state index contributed by atoms with van der Waals surface area (Å²) < 4.78 is 6.49. The van der Waals surface area contributed by atoms with Crippen LogP contribution in [0.3, 0.4) is 0 Å². The molecule has 0 aliphatic carbocycles. The SMILES string of the molecule is Nc1cncc(OCc2ccc(Br)cc2)n1. The van der Waals surface area contributed by atoms with Gasteiger partial charge in [0.15, 0.2) is 0 Å². The van der Waals surface area contributed by atoms with Crippen LogP contribution in [0.5, 0.6) is 5.88 Å². The van der Waals surface area contributed by atoms with Crippen molar-refractivity contribution in [3.63, 3.8) is 0 Å². The molecule has 0 unspecified atom stereocenters. The third-order valence-corrected chi connectivity index (χ3v) is 2.46. The third-order valence-electron chi connectivity index (χ3n) is 1.93. The van der Waals surface area contributed by atoms with E-state index in [9.17, 15) is 0 Å². The lowest BCUT2D eigenvalue weighted by Gasteiger charge is -2.05. The first-order valence-corrected chi connectivity index (χ1v) is 5.48. The van der Waals surface area contributed by atoms with E-state index in [-0.39, 0.29) is 0 Å². The molecule has 0 saturated heterocycles. The molecule has 0 aliphatic rings. The number of halogens is 1. The van der Waals surface area contributed by atoms with Gasteiger partial charge in [-0.2, -0.15) is 4.98 Å². The number of nitrogens with zero attached hydrogens (tertiary/aromatic N) is 2. The second kappa shape index (κ2) is 4.94. The molecule has 2 aromatic rings. The van der Waals surface area contributed by atoms with Crippen LogP contribution in [0.1, 0.15) is 5.56 Å². The summed E-state index contributed by atoms with van der Waals surface area (Å²) in [5.41, 5.74) is 6.55. The van der Waals surface area contributed by atoms with Gasteiger partial charge >= 0.3 is 0 Å². The monoisotopic (exact) mass is 279 g/mol. The van der Waals surface area contributed by atoms with E-state index in [0.29, 0.717) is 18.3 Å². The molecule has 0 spiro atoms. The Hall–Kier alpha value is -1.62. The molecule has 0 radical (unpaired) electrons. The van der Waals surface area contributed by atoms with Crippen molar-refractivity contribution in [2.45, 2.75) is 6.61 Å². The van der Waals surface area contributed by atoms with Crippen molar-refractivity contribution in [1.82, 2.24) is 9.97 Å². The molecular formula is C11H10BrN3O. The lowest BCUT2D eigenvalue weighted by Crippen LogP contribution is -1.99. The van der Waals surface area contributed by atoms with Crippen molar-refractivity contribution in [3.8, 4) is 5.88 Å². The number of nitrogens with two attached hydrogens (primary N) is 1. The maximum absolute atomic E-state index is 5.49. The second-order valence-electron chi connectivity index (χ2n) is 3.20. The summed E-state index contributed by atoms with van der Waals surface area (Å²) in [4.78, 5) is 7.88. The maximum atomic E-state index is 5.49. The van der Waals surface area contributed by atoms with Gasteiger partial charge in [-0.1, -0.05) is 28.1 Å². The molecule has 1 aromatic carbocycles. The zero-order valence-electron chi connectivity index (χ0n) is 8.43. The van der Waals surface area contributed by atoms with Gasteiger partial charge in [0, 0.05) is 4.47 Å². The number of hydrogen-bond acceptors (Lipinski definition) is 4. The summed E-state index contributed by atoms with van der Waals surface area (Å²) in [5, 5.41) is 0. The van der Waals surface area contributed by atoms with Crippen LogP contribution in [0, 0.1) is 0 Å². The summed E-state index contributed by atoms with van der Waals surface area (Å²) in [6, 6.07) is 7.88. The molecule has 2 rings (SSSR count). The highest BCUT2D eigenvalue weighted by Crippen LogP contribution is 2.13. The van der Waals surface area contributed by atoms with E-state index >= 15 is 0 Å². The van der Waals surface area contributed by atoms with Gasteiger partial charge < -0.3 is 10.5 Å². The van der Waals surface area contributed by atoms with Crippen LogP contribution in [-0.2, 0) is 6.61 Å². The van der Waals surface area contributed by atoms with Gasteiger partial charge in [-0.25, -0.2) is 0 Å². The molecule has 0 aliphatic heterocycles. The van der Waals surface area contributed by atoms with E-state index < -0.39 is 0 Å². The van der Waals surface area contributed by atoms with Gasteiger partial charge in [0.05, 0.1) is 12.4 Å². The quantitative estimate of drug-likeness (QED) is 0.937. The fourth-order valence-electron chi connectivity index (χ4n) is 1.17. The van der Waals surface area contributed by atoms with Crippen molar-refractivity contribution in [2.24, 2.45) is 0 Å². The predicted octanol–water partition coefficient (Wildman–Crippen LogP) is 2.40. The van der Waals surface area contributed by atoms with Crippen LogP contribution in [0.25, 0.3) is 0 Å². The molecule has 2 N–H and O–H groups in total. The van der Waals surface area contributed by atoms with E-state index in [1.807, 2.05) is 24.3 Å². The minimum Gasteiger partial charge on any atom is -0.472 e. The molecule has 4 nitrogen and oxygen atoms in total. The van der Waals surface area contributed by atoms with Crippen molar-refractivity contribution >= 4 is 21.7 Å². The summed E-state index contributed by atoms with van der Waals surface area (Å²) in [6.45, 7) is 0.450. The zero-order chi connectivity index (χ0) is 11.4. The smallest absolute Gasteiger partial charge is 0.234 e. The van der Waals surface area contributed by atoms with Crippen LogP contribution in [0.4, 0.5) is 5.82 Å². The Kier molecular flexibility index (Phi) is 3.36. The average molecular weight is 280 g/mol. The Balaban J connectivity index is 1.99. The summed E-state index contributed by atoms with van der Waals surface area (Å²) in [7, 11) is 0. The minimum atomic E-state index is 0.355. The normalized spacial score (nSPS) is 10.1. The predicted molar refractivity (Wildman–Crippen MR) is 64.9 cm³/mol. The highest BCUT2D eigenvalue weighted by molar-refractivity contribution is 9.10. The lowest BCUT2D eigenvalue weighted by molar-refractivity contribution is 0.293. The molecule has 82 valence electrons. The van der Waals surface area contributed by atoms with Gasteiger partial charge in [0.1, 0.15) is 12.4 Å². The van der Waals surface area contributed by atoms with Crippen molar-refractivity contribution < 1.29 is 4.74 Å².